The van der Waals surface area contributed by atoms with Gasteiger partial charge in [0.15, 0.2) is 5.01 Å². The van der Waals surface area contributed by atoms with Gasteiger partial charge in [0.2, 0.25) is 0 Å². The predicted molar refractivity (Wildman–Crippen MR) is 92.3 cm³/mol. The van der Waals surface area contributed by atoms with Gasteiger partial charge < -0.3 is 9.64 Å². The fourth-order valence-electron chi connectivity index (χ4n) is 2.55. The number of benzene rings is 1. The lowest BCUT2D eigenvalue weighted by atomic mass is 10.1. The molecule has 1 amide bonds. The maximum Gasteiger partial charge on any atom is 0.283 e. The van der Waals surface area contributed by atoms with Gasteiger partial charge in [0.25, 0.3) is 5.91 Å². The summed E-state index contributed by atoms with van der Waals surface area (Å²) < 4.78 is 6.02. The Bertz CT molecular complexity index is 690. The highest BCUT2D eigenvalue weighted by Crippen LogP contribution is 2.25. The summed E-state index contributed by atoms with van der Waals surface area (Å²) in [5.74, 6) is 1.31. The van der Waals surface area contributed by atoms with Crippen LogP contribution in [-0.2, 0) is 6.42 Å². The molecule has 1 aromatic carbocycles. The van der Waals surface area contributed by atoms with E-state index in [1.54, 1.807) is 0 Å². The van der Waals surface area contributed by atoms with E-state index in [9.17, 15) is 4.79 Å². The lowest BCUT2D eigenvalue weighted by molar-refractivity contribution is 0.0174. The molecule has 0 unspecified atom stereocenters. The third-order valence-corrected chi connectivity index (χ3v) is 4.93. The number of hydrogen-bond donors (Lipinski definition) is 0. The molecule has 4 nitrogen and oxygen atoms in total. The molecule has 0 saturated carbocycles. The molecule has 23 heavy (non-hydrogen) atoms. The maximum atomic E-state index is 12.4. The summed E-state index contributed by atoms with van der Waals surface area (Å²) in [5.41, 5.74) is 2.20. The van der Waals surface area contributed by atoms with E-state index in [1.807, 2.05) is 28.5 Å². The SMILES string of the molecule is CCc1ccccc1OC1CN(C(=O)c2nc(C(C)C)cs2)C1. The van der Waals surface area contributed by atoms with E-state index in [4.69, 9.17) is 4.74 Å². The third-order valence-electron chi connectivity index (χ3n) is 4.08. The van der Waals surface area contributed by atoms with E-state index in [2.05, 4.69) is 31.8 Å². The van der Waals surface area contributed by atoms with Crippen LogP contribution in [0.3, 0.4) is 0 Å². The van der Waals surface area contributed by atoms with Crippen molar-refractivity contribution in [1.29, 1.82) is 0 Å². The van der Waals surface area contributed by atoms with Gasteiger partial charge >= 0.3 is 0 Å². The fourth-order valence-corrected chi connectivity index (χ4v) is 3.50. The highest BCUT2D eigenvalue weighted by Gasteiger charge is 2.34. The number of aromatic nitrogens is 1. The molecule has 1 aromatic heterocycles. The molecular weight excluding hydrogens is 308 g/mol. The van der Waals surface area contributed by atoms with Crippen molar-refractivity contribution in [2.24, 2.45) is 0 Å². The number of para-hydroxylation sites is 1. The molecule has 2 heterocycles. The normalized spacial score (nSPS) is 14.9. The van der Waals surface area contributed by atoms with Crippen molar-refractivity contribution in [3.8, 4) is 5.75 Å². The van der Waals surface area contributed by atoms with Gasteiger partial charge in [-0.05, 0) is 24.0 Å². The lowest BCUT2D eigenvalue weighted by Gasteiger charge is -2.38. The number of rotatable bonds is 5. The summed E-state index contributed by atoms with van der Waals surface area (Å²) in [6, 6.07) is 8.09. The van der Waals surface area contributed by atoms with Crippen LogP contribution in [0.1, 0.15) is 47.7 Å². The van der Waals surface area contributed by atoms with Crippen molar-refractivity contribution in [1.82, 2.24) is 9.88 Å². The summed E-state index contributed by atoms with van der Waals surface area (Å²) in [6.07, 6.45) is 1.03. The topological polar surface area (TPSA) is 42.4 Å². The molecular formula is C18H22N2O2S. The van der Waals surface area contributed by atoms with Crippen LogP contribution in [0, 0.1) is 0 Å². The molecule has 0 bridgehead atoms. The Morgan fingerprint density at radius 1 is 1.39 bits per heavy atom. The molecule has 0 atom stereocenters. The van der Waals surface area contributed by atoms with Crippen molar-refractivity contribution >= 4 is 17.2 Å². The molecule has 1 fully saturated rings. The fraction of sp³-hybridized carbons (Fsp3) is 0.444. The number of carbonyl (C=O) groups is 1. The number of carbonyl (C=O) groups excluding carboxylic acids is 1. The number of ether oxygens (including phenoxy) is 1. The summed E-state index contributed by atoms with van der Waals surface area (Å²) >= 11 is 1.43. The largest absolute Gasteiger partial charge is 0.486 e. The quantitative estimate of drug-likeness (QED) is 0.839. The minimum Gasteiger partial charge on any atom is -0.486 e. The Morgan fingerprint density at radius 2 is 2.13 bits per heavy atom. The van der Waals surface area contributed by atoms with Crippen LogP contribution >= 0.6 is 11.3 Å². The zero-order valence-electron chi connectivity index (χ0n) is 13.8. The molecule has 5 heteroatoms. The summed E-state index contributed by atoms with van der Waals surface area (Å²) in [4.78, 5) is 18.6. The Morgan fingerprint density at radius 3 is 2.78 bits per heavy atom. The first kappa shape index (κ1) is 16.0. The zero-order chi connectivity index (χ0) is 16.4. The van der Waals surface area contributed by atoms with Gasteiger partial charge in [-0.3, -0.25) is 4.79 Å². The Balaban J connectivity index is 1.57. The van der Waals surface area contributed by atoms with E-state index in [0.29, 0.717) is 24.0 Å². The van der Waals surface area contributed by atoms with E-state index in [1.165, 1.54) is 16.9 Å². The second-order valence-electron chi connectivity index (χ2n) is 6.14. The third kappa shape index (κ3) is 3.39. The zero-order valence-corrected chi connectivity index (χ0v) is 14.6. The van der Waals surface area contributed by atoms with Gasteiger partial charge in [-0.25, -0.2) is 4.98 Å². The number of aryl methyl sites for hydroxylation is 1. The predicted octanol–water partition coefficient (Wildman–Crippen LogP) is 3.73. The molecule has 2 aromatic rings. The van der Waals surface area contributed by atoms with Crippen LogP contribution < -0.4 is 4.74 Å². The first-order chi connectivity index (χ1) is 11.1. The van der Waals surface area contributed by atoms with E-state index in [-0.39, 0.29) is 12.0 Å². The number of likely N-dealkylation sites (tertiary alicyclic amines) is 1. The van der Waals surface area contributed by atoms with Gasteiger partial charge in [-0.2, -0.15) is 0 Å². The van der Waals surface area contributed by atoms with Crippen molar-refractivity contribution in [2.45, 2.75) is 39.2 Å². The molecule has 0 spiro atoms. The van der Waals surface area contributed by atoms with Gasteiger partial charge in [-0.1, -0.05) is 39.0 Å². The van der Waals surface area contributed by atoms with Gasteiger partial charge in [-0.15, -0.1) is 11.3 Å². The molecule has 1 saturated heterocycles. The second-order valence-corrected chi connectivity index (χ2v) is 7.00. The standard InChI is InChI=1S/C18H22N2O2S/c1-4-13-7-5-6-8-16(13)22-14-9-20(10-14)18(21)17-19-15(11-23-17)12(2)3/h5-8,11-12,14H,4,9-10H2,1-3H3. The van der Waals surface area contributed by atoms with Crippen molar-refractivity contribution in [2.75, 3.05) is 13.1 Å². The van der Waals surface area contributed by atoms with Crippen LogP contribution in [0.2, 0.25) is 0 Å². The first-order valence-corrected chi connectivity index (χ1v) is 8.95. The summed E-state index contributed by atoms with van der Waals surface area (Å²) in [5, 5.41) is 2.56. The van der Waals surface area contributed by atoms with Crippen LogP contribution in [0.15, 0.2) is 29.6 Å². The van der Waals surface area contributed by atoms with Crippen LogP contribution in [-0.4, -0.2) is 35.0 Å². The summed E-state index contributed by atoms with van der Waals surface area (Å²) in [6.45, 7) is 7.55. The minimum atomic E-state index is 0.0190. The van der Waals surface area contributed by atoms with Crippen LogP contribution in [0.5, 0.6) is 5.75 Å². The monoisotopic (exact) mass is 330 g/mol. The van der Waals surface area contributed by atoms with E-state index >= 15 is 0 Å². The maximum absolute atomic E-state index is 12.4. The second kappa shape index (κ2) is 6.71. The Hall–Kier alpha value is -1.88. The molecule has 0 N–H and O–H groups in total. The molecule has 0 aliphatic carbocycles. The Labute approximate surface area is 141 Å². The highest BCUT2D eigenvalue weighted by atomic mass is 32.1. The van der Waals surface area contributed by atoms with Gasteiger partial charge in [0.1, 0.15) is 11.9 Å². The van der Waals surface area contributed by atoms with E-state index < -0.39 is 0 Å². The first-order valence-electron chi connectivity index (χ1n) is 8.07. The van der Waals surface area contributed by atoms with Crippen molar-refractivity contribution in [3.05, 3.63) is 45.9 Å². The summed E-state index contributed by atoms with van der Waals surface area (Å²) in [7, 11) is 0. The average Bonchev–Trinajstić information content (AvgIpc) is 3.00. The molecule has 1 aliphatic heterocycles. The van der Waals surface area contributed by atoms with Gasteiger partial charge in [0, 0.05) is 5.38 Å². The molecule has 1 aliphatic rings. The molecule has 0 radical (unpaired) electrons. The number of nitrogens with zero attached hydrogens (tertiary/aromatic N) is 2. The highest BCUT2D eigenvalue weighted by molar-refractivity contribution is 7.11. The lowest BCUT2D eigenvalue weighted by Crippen LogP contribution is -2.56. The molecule has 122 valence electrons. The van der Waals surface area contributed by atoms with Crippen LogP contribution in [0.25, 0.3) is 0 Å². The van der Waals surface area contributed by atoms with E-state index in [0.717, 1.165) is 17.9 Å². The Kier molecular flexibility index (Phi) is 4.66. The van der Waals surface area contributed by atoms with Gasteiger partial charge in [0.05, 0.1) is 18.8 Å². The van der Waals surface area contributed by atoms with Crippen LogP contribution in [0.4, 0.5) is 0 Å². The smallest absolute Gasteiger partial charge is 0.283 e. The molecule has 3 rings (SSSR count). The van der Waals surface area contributed by atoms with Crippen molar-refractivity contribution in [3.63, 3.8) is 0 Å². The number of thiazole rings is 1. The number of hydrogen-bond acceptors (Lipinski definition) is 4. The minimum absolute atomic E-state index is 0.0190. The van der Waals surface area contributed by atoms with Crippen molar-refractivity contribution < 1.29 is 9.53 Å². The average molecular weight is 330 g/mol. The number of amides is 1.